The maximum Gasteiger partial charge on any atom is 0.268 e. The number of fused-ring (bicyclic) bond motifs is 1. The van der Waals surface area contributed by atoms with Gasteiger partial charge in [0, 0.05) is 36.4 Å². The smallest absolute Gasteiger partial charge is 0.268 e. The summed E-state index contributed by atoms with van der Waals surface area (Å²) in [7, 11) is -0.556. The van der Waals surface area contributed by atoms with Gasteiger partial charge in [-0.15, -0.1) is 17.9 Å². The highest BCUT2D eigenvalue weighted by molar-refractivity contribution is 7.89. The van der Waals surface area contributed by atoms with E-state index in [1.54, 1.807) is 41.7 Å². The Balaban J connectivity index is 2.02. The molecule has 0 aliphatic rings. The predicted molar refractivity (Wildman–Crippen MR) is 122 cm³/mol. The topological polar surface area (TPSA) is 71.4 Å². The van der Waals surface area contributed by atoms with Gasteiger partial charge in [-0.2, -0.15) is 0 Å². The molecule has 0 saturated heterocycles. The minimum Gasteiger partial charge on any atom is -0.343 e. The van der Waals surface area contributed by atoms with Gasteiger partial charge in [-0.25, -0.2) is 12.7 Å². The zero-order valence-corrected chi connectivity index (χ0v) is 19.1. The Morgan fingerprint density at radius 1 is 1.30 bits per heavy atom. The van der Waals surface area contributed by atoms with E-state index >= 15 is 0 Å². The van der Waals surface area contributed by atoms with Crippen molar-refractivity contribution in [2.75, 3.05) is 14.1 Å². The zero-order valence-electron chi connectivity index (χ0n) is 17.5. The summed E-state index contributed by atoms with van der Waals surface area (Å²) in [6, 6.07) is 10.6. The van der Waals surface area contributed by atoms with Crippen LogP contribution in [-0.4, -0.2) is 37.3 Å². The lowest BCUT2D eigenvalue weighted by atomic mass is 10.1. The number of hydrogen-bond donors (Lipinski definition) is 1. The minimum atomic E-state index is -3.56. The second-order valence-corrected chi connectivity index (χ2v) is 10.4. The molecule has 0 saturated carbocycles. The lowest BCUT2D eigenvalue weighted by molar-refractivity contribution is 0.0926. The summed E-state index contributed by atoms with van der Waals surface area (Å²) >= 11 is 1.63. The third kappa shape index (κ3) is 4.35. The summed E-state index contributed by atoms with van der Waals surface area (Å²) in [4.78, 5) is 14.5. The molecule has 1 N–H and O–H groups in total. The summed E-state index contributed by atoms with van der Waals surface area (Å²) in [5, 5.41) is 5.86. The Bertz CT molecular complexity index is 1150. The average molecular weight is 446 g/mol. The summed E-state index contributed by atoms with van der Waals surface area (Å²) in [5.74, 6) is -0.183. The largest absolute Gasteiger partial charge is 0.343 e. The molecule has 0 radical (unpaired) electrons. The first-order valence-corrected chi connectivity index (χ1v) is 12.1. The second-order valence-electron chi connectivity index (χ2n) is 7.27. The number of hydrogen-bond acceptors (Lipinski definition) is 4. The summed E-state index contributed by atoms with van der Waals surface area (Å²) in [5.41, 5.74) is 1.28. The number of nitrogens with zero attached hydrogens (tertiary/aromatic N) is 2. The van der Waals surface area contributed by atoms with Gasteiger partial charge in [0.15, 0.2) is 0 Å². The van der Waals surface area contributed by atoms with Crippen LogP contribution in [0.2, 0.25) is 0 Å². The molecule has 0 bridgehead atoms. The molecule has 1 amide bonds. The molecular weight excluding hydrogens is 418 g/mol. The van der Waals surface area contributed by atoms with Crippen molar-refractivity contribution in [3.8, 4) is 0 Å². The molecule has 30 heavy (non-hydrogen) atoms. The van der Waals surface area contributed by atoms with Gasteiger partial charge >= 0.3 is 0 Å². The number of aromatic nitrogens is 1. The maximum atomic E-state index is 13.2. The number of nitrogens with one attached hydrogen (secondary N) is 1. The van der Waals surface area contributed by atoms with Crippen molar-refractivity contribution in [3.63, 3.8) is 0 Å². The third-order valence-electron chi connectivity index (χ3n) is 4.96. The van der Waals surface area contributed by atoms with Crippen molar-refractivity contribution in [2.24, 2.45) is 0 Å². The molecule has 0 aliphatic carbocycles. The number of benzene rings is 1. The molecule has 1 atom stereocenters. The number of carbonyl (C=O) groups is 1. The van der Waals surface area contributed by atoms with Gasteiger partial charge in [-0.1, -0.05) is 25.5 Å². The second kappa shape index (κ2) is 9.16. The first kappa shape index (κ1) is 22.3. The van der Waals surface area contributed by atoms with E-state index in [2.05, 4.69) is 18.8 Å². The standard InChI is InChI=1S/C22H27N3O3S2/c1-5-8-18(21-9-7-13-29-21)23-22(26)20-15-16-14-17(30(27,28)24(3)4)10-11-19(16)25(20)12-6-2/h6-7,9-11,13-15,18H,2,5,8,12H2,1,3-4H3,(H,23,26). The van der Waals surface area contributed by atoms with Crippen LogP contribution in [-0.2, 0) is 16.6 Å². The van der Waals surface area contributed by atoms with Gasteiger partial charge in [0.05, 0.1) is 10.9 Å². The molecule has 1 unspecified atom stereocenters. The quantitative estimate of drug-likeness (QED) is 0.496. The van der Waals surface area contributed by atoms with Crippen molar-refractivity contribution in [1.82, 2.24) is 14.2 Å². The van der Waals surface area contributed by atoms with Crippen molar-refractivity contribution in [2.45, 2.75) is 37.2 Å². The number of thiophene rings is 1. The highest BCUT2D eigenvalue weighted by Gasteiger charge is 2.22. The van der Waals surface area contributed by atoms with E-state index in [1.165, 1.54) is 18.4 Å². The first-order chi connectivity index (χ1) is 14.3. The highest BCUT2D eigenvalue weighted by atomic mass is 32.2. The Labute approximate surface area is 181 Å². The van der Waals surface area contributed by atoms with E-state index in [4.69, 9.17) is 0 Å². The van der Waals surface area contributed by atoms with Crippen LogP contribution in [0.5, 0.6) is 0 Å². The van der Waals surface area contributed by atoms with E-state index in [9.17, 15) is 13.2 Å². The van der Waals surface area contributed by atoms with Crippen molar-refractivity contribution in [1.29, 1.82) is 0 Å². The molecule has 2 heterocycles. The van der Waals surface area contributed by atoms with E-state index in [-0.39, 0.29) is 16.8 Å². The fourth-order valence-electron chi connectivity index (χ4n) is 3.43. The van der Waals surface area contributed by atoms with Crippen molar-refractivity contribution >= 4 is 38.2 Å². The van der Waals surface area contributed by atoms with E-state index in [1.807, 2.05) is 22.1 Å². The van der Waals surface area contributed by atoms with Gasteiger partial charge in [-0.05, 0) is 42.1 Å². The SMILES string of the molecule is C=CCn1c(C(=O)NC(CCC)c2cccs2)cc2cc(S(=O)(=O)N(C)C)ccc21. The molecular formula is C22H27N3O3S2. The molecule has 8 heteroatoms. The molecule has 3 aromatic rings. The van der Waals surface area contributed by atoms with Crippen LogP contribution in [0, 0.1) is 0 Å². The van der Waals surface area contributed by atoms with E-state index in [0.717, 1.165) is 23.2 Å². The average Bonchev–Trinajstić information content (AvgIpc) is 3.36. The zero-order chi connectivity index (χ0) is 21.9. The molecule has 3 rings (SSSR count). The predicted octanol–water partition coefficient (Wildman–Crippen LogP) is 4.41. The van der Waals surface area contributed by atoms with Gasteiger partial charge in [-0.3, -0.25) is 4.79 Å². The molecule has 0 aliphatic heterocycles. The number of carbonyl (C=O) groups excluding carboxylic acids is 1. The van der Waals surface area contributed by atoms with Gasteiger partial charge in [0.25, 0.3) is 5.91 Å². The third-order valence-corrected chi connectivity index (χ3v) is 7.76. The molecule has 6 nitrogen and oxygen atoms in total. The summed E-state index contributed by atoms with van der Waals surface area (Å²) < 4.78 is 28.0. The number of rotatable bonds is 9. The van der Waals surface area contributed by atoms with Gasteiger partial charge in [0.2, 0.25) is 10.0 Å². The Morgan fingerprint density at radius 2 is 2.07 bits per heavy atom. The number of allylic oxidation sites excluding steroid dienone is 1. The van der Waals surface area contributed by atoms with Crippen LogP contribution in [0.15, 0.2) is 59.3 Å². The van der Waals surface area contributed by atoms with Crippen LogP contribution < -0.4 is 5.32 Å². The number of amides is 1. The van der Waals surface area contributed by atoms with Crippen LogP contribution in [0.1, 0.15) is 41.2 Å². The highest BCUT2D eigenvalue weighted by Crippen LogP contribution is 2.27. The van der Waals surface area contributed by atoms with E-state index < -0.39 is 10.0 Å². The number of sulfonamides is 1. The fraction of sp³-hybridized carbons (Fsp3) is 0.318. The normalized spacial score (nSPS) is 12.9. The van der Waals surface area contributed by atoms with Crippen molar-refractivity contribution < 1.29 is 13.2 Å². The molecule has 2 aromatic heterocycles. The lowest BCUT2D eigenvalue weighted by Gasteiger charge is -2.17. The van der Waals surface area contributed by atoms with Gasteiger partial charge < -0.3 is 9.88 Å². The van der Waals surface area contributed by atoms with Gasteiger partial charge in [0.1, 0.15) is 5.69 Å². The van der Waals surface area contributed by atoms with Crippen LogP contribution in [0.4, 0.5) is 0 Å². The Hall–Kier alpha value is -2.42. The monoisotopic (exact) mass is 445 g/mol. The Morgan fingerprint density at radius 3 is 2.67 bits per heavy atom. The molecule has 0 fully saturated rings. The molecule has 1 aromatic carbocycles. The summed E-state index contributed by atoms with van der Waals surface area (Å²) in [6.45, 7) is 6.34. The maximum absolute atomic E-state index is 13.2. The minimum absolute atomic E-state index is 0.0534. The Kier molecular flexibility index (Phi) is 6.80. The summed E-state index contributed by atoms with van der Waals surface area (Å²) in [6.07, 6.45) is 3.52. The van der Waals surface area contributed by atoms with Crippen LogP contribution in [0.25, 0.3) is 10.9 Å². The van der Waals surface area contributed by atoms with Crippen LogP contribution in [0.3, 0.4) is 0 Å². The van der Waals surface area contributed by atoms with Crippen LogP contribution >= 0.6 is 11.3 Å². The van der Waals surface area contributed by atoms with Crippen molar-refractivity contribution in [3.05, 3.63) is 65.0 Å². The van der Waals surface area contributed by atoms with E-state index in [0.29, 0.717) is 17.6 Å². The first-order valence-electron chi connectivity index (χ1n) is 9.80. The molecule has 160 valence electrons. The fourth-order valence-corrected chi connectivity index (χ4v) is 5.18. The lowest BCUT2D eigenvalue weighted by Crippen LogP contribution is -2.29. The molecule has 0 spiro atoms.